The van der Waals surface area contributed by atoms with Crippen molar-refractivity contribution < 1.29 is 23.5 Å². The van der Waals surface area contributed by atoms with Crippen LogP contribution in [0, 0.1) is 23.7 Å². The molecule has 1 fully saturated rings. The van der Waals surface area contributed by atoms with Crippen LogP contribution in [-0.2, 0) is 32.2 Å². The molecular formula is C28H34N2O5. The minimum atomic E-state index is -0.970. The standard InChI is InChI=1S/C28H34N2O5/c1-19-10-11-22(35-19)16-29-24(31)14-21-15-28(26(33)34-4)18-27(2,3)13-12-23(28)30(25(21)32)17-20-8-6-5-7-9-20/h5-12,21H,13-18H2,1-4H3,(H,29,31)/t21-,28-/m1/s1. The van der Waals surface area contributed by atoms with Crippen molar-refractivity contribution in [1.29, 1.82) is 0 Å². The summed E-state index contributed by atoms with van der Waals surface area (Å²) in [6.45, 7) is 6.68. The highest BCUT2D eigenvalue weighted by Gasteiger charge is 2.57. The predicted octanol–water partition coefficient (Wildman–Crippen LogP) is 4.51. The van der Waals surface area contributed by atoms with Gasteiger partial charge in [0.1, 0.15) is 16.9 Å². The molecule has 1 saturated heterocycles. The van der Waals surface area contributed by atoms with Crippen LogP contribution in [0.5, 0.6) is 0 Å². The Kier molecular flexibility index (Phi) is 6.88. The highest BCUT2D eigenvalue weighted by Crippen LogP contribution is 2.55. The molecule has 4 rings (SSSR count). The number of benzene rings is 1. The smallest absolute Gasteiger partial charge is 0.317 e. The average Bonchev–Trinajstić information content (AvgIpc) is 3.25. The normalized spacial score (nSPS) is 23.3. The number of nitrogens with zero attached hydrogens (tertiary/aromatic N) is 1. The summed E-state index contributed by atoms with van der Waals surface area (Å²) in [6.07, 6.45) is 3.59. The number of likely N-dealkylation sites (tertiary alicyclic amines) is 1. The molecule has 0 bridgehead atoms. The Morgan fingerprint density at radius 3 is 2.57 bits per heavy atom. The molecule has 7 heteroatoms. The number of allylic oxidation sites excluding steroid dienone is 1. The lowest BCUT2D eigenvalue weighted by molar-refractivity contribution is -0.162. The van der Waals surface area contributed by atoms with E-state index in [1.54, 1.807) is 4.90 Å². The number of nitrogens with one attached hydrogen (secondary N) is 1. The number of esters is 1. The number of piperidine rings is 1. The van der Waals surface area contributed by atoms with E-state index >= 15 is 0 Å². The van der Waals surface area contributed by atoms with Crippen LogP contribution < -0.4 is 5.32 Å². The summed E-state index contributed by atoms with van der Waals surface area (Å²) < 4.78 is 10.8. The first kappa shape index (κ1) is 24.8. The van der Waals surface area contributed by atoms with Gasteiger partial charge in [-0.15, -0.1) is 0 Å². The van der Waals surface area contributed by atoms with Crippen LogP contribution in [-0.4, -0.2) is 29.8 Å². The molecule has 2 atom stereocenters. The lowest BCUT2D eigenvalue weighted by atomic mass is 9.59. The number of carbonyl (C=O) groups is 3. The van der Waals surface area contributed by atoms with Gasteiger partial charge >= 0.3 is 5.97 Å². The van der Waals surface area contributed by atoms with Gasteiger partial charge in [-0.2, -0.15) is 0 Å². The summed E-state index contributed by atoms with van der Waals surface area (Å²) in [6, 6.07) is 13.4. The summed E-state index contributed by atoms with van der Waals surface area (Å²) >= 11 is 0. The van der Waals surface area contributed by atoms with Gasteiger partial charge in [0.2, 0.25) is 11.8 Å². The number of methoxy groups -OCH3 is 1. The van der Waals surface area contributed by atoms with Gasteiger partial charge in [-0.3, -0.25) is 14.4 Å². The number of aryl methyl sites for hydroxylation is 1. The van der Waals surface area contributed by atoms with Crippen molar-refractivity contribution in [2.24, 2.45) is 16.7 Å². The van der Waals surface area contributed by atoms with Crippen molar-refractivity contribution in [3.63, 3.8) is 0 Å². The van der Waals surface area contributed by atoms with Gasteiger partial charge in [0.25, 0.3) is 0 Å². The second kappa shape index (κ2) is 9.72. The van der Waals surface area contributed by atoms with Crippen molar-refractivity contribution in [2.75, 3.05) is 7.11 Å². The molecule has 2 aliphatic rings. The molecule has 7 nitrogen and oxygen atoms in total. The lowest BCUT2D eigenvalue weighted by Crippen LogP contribution is -2.55. The quantitative estimate of drug-likeness (QED) is 0.592. The summed E-state index contributed by atoms with van der Waals surface area (Å²) in [4.78, 5) is 41.7. The number of fused-ring (bicyclic) bond motifs is 1. The summed E-state index contributed by atoms with van der Waals surface area (Å²) in [7, 11) is 1.39. The molecule has 1 N–H and O–H groups in total. The number of hydrogen-bond donors (Lipinski definition) is 1. The van der Waals surface area contributed by atoms with Gasteiger partial charge in [0.05, 0.1) is 20.2 Å². The molecule has 1 aromatic heterocycles. The zero-order valence-corrected chi connectivity index (χ0v) is 20.9. The fourth-order valence-electron chi connectivity index (χ4n) is 5.55. The molecule has 1 aliphatic heterocycles. The van der Waals surface area contributed by atoms with E-state index in [2.05, 4.69) is 19.2 Å². The third-order valence-corrected chi connectivity index (χ3v) is 7.07. The number of amides is 2. The summed E-state index contributed by atoms with van der Waals surface area (Å²) in [5, 5.41) is 2.85. The lowest BCUT2D eigenvalue weighted by Gasteiger charge is -2.51. The van der Waals surface area contributed by atoms with Gasteiger partial charge in [-0.25, -0.2) is 0 Å². The Morgan fingerprint density at radius 2 is 1.91 bits per heavy atom. The fraction of sp³-hybridized carbons (Fsp3) is 0.464. The maximum Gasteiger partial charge on any atom is 0.317 e. The first-order valence-corrected chi connectivity index (χ1v) is 12.1. The molecule has 2 aromatic rings. The Labute approximate surface area is 206 Å². The first-order valence-electron chi connectivity index (χ1n) is 12.1. The number of rotatable bonds is 7. The van der Waals surface area contributed by atoms with Crippen molar-refractivity contribution in [3.05, 3.63) is 71.3 Å². The number of furan rings is 1. The summed E-state index contributed by atoms with van der Waals surface area (Å²) in [5.41, 5.74) is 0.562. The van der Waals surface area contributed by atoms with Crippen molar-refractivity contribution in [3.8, 4) is 0 Å². The molecule has 2 heterocycles. The second-order valence-electron chi connectivity index (χ2n) is 10.5. The first-order chi connectivity index (χ1) is 16.6. The van der Waals surface area contributed by atoms with E-state index < -0.39 is 11.3 Å². The van der Waals surface area contributed by atoms with E-state index in [-0.39, 0.29) is 42.6 Å². The molecule has 1 aromatic carbocycles. The van der Waals surface area contributed by atoms with E-state index in [0.717, 1.165) is 17.7 Å². The molecule has 2 amide bonds. The Hall–Kier alpha value is -3.35. The SMILES string of the molecule is COC(=O)[C@@]12C[C@@H](CC(=O)NCc3ccc(C)o3)C(=O)N(Cc3ccccc3)C1=CCC(C)(C)C2. The molecule has 1 aliphatic carbocycles. The van der Waals surface area contributed by atoms with Crippen LogP contribution in [0.15, 0.2) is 58.7 Å². The van der Waals surface area contributed by atoms with Gasteiger partial charge < -0.3 is 19.4 Å². The molecule has 35 heavy (non-hydrogen) atoms. The van der Waals surface area contributed by atoms with Gasteiger partial charge in [-0.05, 0) is 49.3 Å². The largest absolute Gasteiger partial charge is 0.468 e. The van der Waals surface area contributed by atoms with Crippen molar-refractivity contribution in [2.45, 2.75) is 59.5 Å². The Bertz CT molecular complexity index is 1130. The van der Waals surface area contributed by atoms with Crippen LogP contribution in [0.2, 0.25) is 0 Å². The zero-order chi connectivity index (χ0) is 25.2. The minimum Gasteiger partial charge on any atom is -0.468 e. The number of carbonyl (C=O) groups excluding carboxylic acids is 3. The highest BCUT2D eigenvalue weighted by molar-refractivity contribution is 5.92. The average molecular weight is 479 g/mol. The van der Waals surface area contributed by atoms with E-state index in [4.69, 9.17) is 9.15 Å². The van der Waals surface area contributed by atoms with Crippen LogP contribution in [0.3, 0.4) is 0 Å². The van der Waals surface area contributed by atoms with Crippen LogP contribution >= 0.6 is 0 Å². The van der Waals surface area contributed by atoms with Gasteiger partial charge in [-0.1, -0.05) is 50.3 Å². The Balaban J connectivity index is 1.63. The van der Waals surface area contributed by atoms with E-state index in [9.17, 15) is 14.4 Å². The number of ether oxygens (including phenoxy) is 1. The van der Waals surface area contributed by atoms with Crippen LogP contribution in [0.1, 0.15) is 56.6 Å². The van der Waals surface area contributed by atoms with E-state index in [1.165, 1.54) is 7.11 Å². The maximum absolute atomic E-state index is 13.7. The highest BCUT2D eigenvalue weighted by atomic mass is 16.5. The second-order valence-corrected chi connectivity index (χ2v) is 10.5. The van der Waals surface area contributed by atoms with Crippen molar-refractivity contribution >= 4 is 17.8 Å². The van der Waals surface area contributed by atoms with E-state index in [1.807, 2.05) is 55.5 Å². The predicted molar refractivity (Wildman–Crippen MR) is 131 cm³/mol. The van der Waals surface area contributed by atoms with Gasteiger partial charge in [0.15, 0.2) is 0 Å². The number of hydrogen-bond acceptors (Lipinski definition) is 5. The topological polar surface area (TPSA) is 88.9 Å². The van der Waals surface area contributed by atoms with Crippen LogP contribution in [0.4, 0.5) is 0 Å². The molecular weight excluding hydrogens is 444 g/mol. The molecule has 0 unspecified atom stereocenters. The zero-order valence-electron chi connectivity index (χ0n) is 20.9. The fourth-order valence-corrected chi connectivity index (χ4v) is 5.55. The molecule has 0 spiro atoms. The Morgan fingerprint density at radius 1 is 1.17 bits per heavy atom. The minimum absolute atomic E-state index is 0.00370. The third kappa shape index (κ3) is 5.19. The summed E-state index contributed by atoms with van der Waals surface area (Å²) in [5.74, 6) is 0.0537. The maximum atomic E-state index is 13.7. The third-order valence-electron chi connectivity index (χ3n) is 7.07. The molecule has 0 radical (unpaired) electrons. The van der Waals surface area contributed by atoms with Gasteiger partial charge in [0, 0.05) is 18.0 Å². The van der Waals surface area contributed by atoms with Crippen molar-refractivity contribution in [1.82, 2.24) is 10.2 Å². The van der Waals surface area contributed by atoms with E-state index in [0.29, 0.717) is 24.4 Å². The monoisotopic (exact) mass is 478 g/mol. The molecule has 0 saturated carbocycles. The van der Waals surface area contributed by atoms with Crippen LogP contribution in [0.25, 0.3) is 0 Å². The molecule has 186 valence electrons.